The number of aromatic nitrogens is 1. The van der Waals surface area contributed by atoms with Gasteiger partial charge in [-0.3, -0.25) is 19.7 Å². The van der Waals surface area contributed by atoms with Gasteiger partial charge >= 0.3 is 6.03 Å². The number of likely N-dealkylation sites (N-methyl/N-ethyl adjacent to an activating group) is 1. The minimum atomic E-state index is -0.511. The van der Waals surface area contributed by atoms with Crippen LogP contribution in [-0.4, -0.2) is 98.8 Å². The quantitative estimate of drug-likeness (QED) is 0.253. The summed E-state index contributed by atoms with van der Waals surface area (Å²) in [5.74, 6) is 1.02. The van der Waals surface area contributed by atoms with Crippen LogP contribution in [-0.2, 0) is 20.8 Å². The van der Waals surface area contributed by atoms with Crippen LogP contribution in [0, 0.1) is 0 Å². The van der Waals surface area contributed by atoms with E-state index in [-0.39, 0.29) is 70.9 Å². The summed E-state index contributed by atoms with van der Waals surface area (Å²) in [7, 11) is 1.69. The van der Waals surface area contributed by atoms with Gasteiger partial charge in [-0.2, -0.15) is 0 Å². The second kappa shape index (κ2) is 9.69. The number of rotatable bonds is 1. The fourth-order valence-corrected chi connectivity index (χ4v) is 5.21. The van der Waals surface area contributed by atoms with Gasteiger partial charge in [-0.25, -0.2) is 4.79 Å². The van der Waals surface area contributed by atoms with E-state index in [1.807, 2.05) is 41.7 Å². The minimum Gasteiger partial charge on any atom is -0.454 e. The van der Waals surface area contributed by atoms with E-state index >= 15 is 0 Å². The van der Waals surface area contributed by atoms with E-state index in [1.165, 1.54) is 4.90 Å². The van der Waals surface area contributed by atoms with Gasteiger partial charge in [-0.1, -0.05) is 24.3 Å². The number of ether oxygens (including phenoxy) is 2. The summed E-state index contributed by atoms with van der Waals surface area (Å²) in [5, 5.41) is 5.40. The molecule has 4 aliphatic heterocycles. The number of nitrogens with one attached hydrogen (secondary N) is 3. The van der Waals surface area contributed by atoms with E-state index in [4.69, 9.17) is 9.47 Å². The smallest absolute Gasteiger partial charge is 0.321 e. The van der Waals surface area contributed by atoms with Gasteiger partial charge in [0.15, 0.2) is 11.5 Å². The van der Waals surface area contributed by atoms with Gasteiger partial charge in [-0.15, -0.1) is 0 Å². The second-order valence-electron chi connectivity index (χ2n) is 9.02. The third kappa shape index (κ3) is 4.30. The first-order chi connectivity index (χ1) is 17.4. The maximum Gasteiger partial charge on any atom is 0.321 e. The third-order valence-corrected chi connectivity index (χ3v) is 6.83. The van der Waals surface area contributed by atoms with Crippen molar-refractivity contribution in [1.82, 2.24) is 25.4 Å². The van der Waals surface area contributed by atoms with E-state index in [9.17, 15) is 19.2 Å². The number of aromatic amines is 1. The van der Waals surface area contributed by atoms with E-state index in [1.54, 1.807) is 11.9 Å². The number of benzene rings is 2. The summed E-state index contributed by atoms with van der Waals surface area (Å²) in [6.45, 7) is 0.403. The summed E-state index contributed by atoms with van der Waals surface area (Å²) in [6.07, 6.45) is 0.509. The molecule has 4 radical (unpaired) electrons. The van der Waals surface area contributed by atoms with Gasteiger partial charge in [0, 0.05) is 57.4 Å². The zero-order valence-corrected chi connectivity index (χ0v) is 23.8. The Balaban J connectivity index is 0.000000306. The molecule has 2 atom stereocenters. The van der Waals surface area contributed by atoms with Crippen LogP contribution >= 0.6 is 0 Å². The van der Waals surface area contributed by atoms with Crippen molar-refractivity contribution in [1.29, 1.82) is 0 Å². The normalized spacial score (nSPS) is 21.4. The third-order valence-electron chi connectivity index (χ3n) is 6.83. The standard InChI is InChI=1S/C22H19N3O4.C3H4N2O2.Pb/c1-24-10-19(26)25-16(22(24)27)9-14-13-4-2-3-5-15(13)23-20(14)21(25)12-6-7-17-18(8-12)29-11-28-17;6-2-1-4-3(7)5-2;/h2-8,16,21,23H,9-11H2,1H3;1H2,(H2,4,5,6,7);/t16-,21-;;/m1../s1. The average molecular weight is 697 g/mol. The Morgan fingerprint density at radius 2 is 1.78 bits per heavy atom. The predicted octanol–water partition coefficient (Wildman–Crippen LogP) is 0.656. The molecule has 3 aromatic rings. The number of para-hydroxylation sites is 1. The molecule has 0 aliphatic carbocycles. The van der Waals surface area contributed by atoms with Crippen molar-refractivity contribution in [2.75, 3.05) is 26.9 Å². The Kier molecular flexibility index (Phi) is 6.56. The van der Waals surface area contributed by atoms with Crippen LogP contribution in [0.15, 0.2) is 42.5 Å². The van der Waals surface area contributed by atoms with Crippen LogP contribution < -0.4 is 20.1 Å². The number of fused-ring (bicyclic) bond motifs is 5. The molecule has 1 aromatic heterocycles. The number of carbonyl (C=O) groups is 4. The fraction of sp³-hybridized carbons (Fsp3) is 0.280. The predicted molar refractivity (Wildman–Crippen MR) is 132 cm³/mol. The molecule has 188 valence electrons. The van der Waals surface area contributed by atoms with E-state index in [0.29, 0.717) is 17.9 Å². The molecular weight excluding hydrogens is 674 g/mol. The van der Waals surface area contributed by atoms with Gasteiger partial charge in [0.1, 0.15) is 6.04 Å². The number of imide groups is 1. The number of carbonyl (C=O) groups excluding carboxylic acids is 4. The number of hydrogen-bond donors (Lipinski definition) is 3. The first-order valence-corrected chi connectivity index (χ1v) is 11.5. The number of urea groups is 1. The van der Waals surface area contributed by atoms with Gasteiger partial charge in [0.2, 0.25) is 24.5 Å². The molecule has 3 N–H and O–H groups in total. The van der Waals surface area contributed by atoms with Crippen LogP contribution in [0.25, 0.3) is 10.9 Å². The molecule has 7 rings (SSSR count). The molecule has 37 heavy (non-hydrogen) atoms. The Bertz CT molecular complexity index is 1420. The summed E-state index contributed by atoms with van der Waals surface area (Å²) < 4.78 is 11.0. The van der Waals surface area contributed by atoms with Crippen LogP contribution in [0.1, 0.15) is 22.9 Å². The number of amides is 5. The molecule has 5 amide bonds. The first-order valence-electron chi connectivity index (χ1n) is 11.5. The van der Waals surface area contributed by atoms with Gasteiger partial charge < -0.3 is 29.6 Å². The SMILES string of the molecule is CN1CC(=O)N2[C@H](c3ccc4c(c3)OCO4)c3[nH]c4ccccc4c3C[C@@H]2C1=O.O=C1CNC(=O)N1.[Pb]. The van der Waals surface area contributed by atoms with Crippen LogP contribution in [0.4, 0.5) is 4.79 Å². The van der Waals surface area contributed by atoms with Gasteiger partial charge in [0.25, 0.3) is 0 Å². The molecule has 0 bridgehead atoms. The van der Waals surface area contributed by atoms with E-state index in [0.717, 1.165) is 27.7 Å². The number of nitrogens with zero attached hydrogens (tertiary/aromatic N) is 2. The van der Waals surface area contributed by atoms with Crippen molar-refractivity contribution in [3.63, 3.8) is 0 Å². The number of H-pyrrole nitrogens is 1. The maximum absolute atomic E-state index is 13.1. The van der Waals surface area contributed by atoms with Crippen molar-refractivity contribution >= 4 is 62.0 Å². The molecule has 12 heteroatoms. The van der Waals surface area contributed by atoms with E-state index in [2.05, 4.69) is 16.4 Å². The molecule has 2 aromatic carbocycles. The molecule has 2 saturated heterocycles. The minimum absolute atomic E-state index is 0. The van der Waals surface area contributed by atoms with Crippen molar-refractivity contribution < 1.29 is 28.7 Å². The second-order valence-corrected chi connectivity index (χ2v) is 9.02. The fourth-order valence-electron chi connectivity index (χ4n) is 5.21. The molecule has 11 nitrogen and oxygen atoms in total. The molecule has 5 heterocycles. The maximum atomic E-state index is 13.1. The Morgan fingerprint density at radius 1 is 1.00 bits per heavy atom. The van der Waals surface area contributed by atoms with Crippen LogP contribution in [0.3, 0.4) is 0 Å². The molecule has 2 fully saturated rings. The van der Waals surface area contributed by atoms with Gasteiger partial charge in [-0.05, 0) is 29.3 Å². The summed E-state index contributed by atoms with van der Waals surface area (Å²) in [4.78, 5) is 53.0. The summed E-state index contributed by atoms with van der Waals surface area (Å²) in [6, 6.07) is 12.5. The van der Waals surface area contributed by atoms with Crippen molar-refractivity contribution in [3.05, 3.63) is 59.3 Å². The molecule has 4 aliphatic rings. The van der Waals surface area contributed by atoms with Crippen LogP contribution in [0.5, 0.6) is 11.5 Å². The first kappa shape index (κ1) is 25.0. The number of piperazine rings is 1. The zero-order valence-electron chi connectivity index (χ0n) is 19.9. The summed E-state index contributed by atoms with van der Waals surface area (Å²) in [5.41, 5.74) is 3.97. The van der Waals surface area contributed by atoms with Crippen molar-refractivity contribution in [2.24, 2.45) is 0 Å². The Labute approximate surface area is 231 Å². The van der Waals surface area contributed by atoms with Crippen LogP contribution in [0.2, 0.25) is 0 Å². The molecule has 0 saturated carbocycles. The largest absolute Gasteiger partial charge is 0.454 e. The van der Waals surface area contributed by atoms with E-state index < -0.39 is 12.1 Å². The Morgan fingerprint density at radius 3 is 2.51 bits per heavy atom. The van der Waals surface area contributed by atoms with Crippen molar-refractivity contribution in [3.8, 4) is 11.5 Å². The van der Waals surface area contributed by atoms with Crippen molar-refractivity contribution in [2.45, 2.75) is 18.5 Å². The molecule has 0 unspecified atom stereocenters. The topological polar surface area (TPSA) is 133 Å². The monoisotopic (exact) mass is 697 g/mol. The average Bonchev–Trinajstić information content (AvgIpc) is 3.59. The molecular formula is C25H23N5O6Pb. The summed E-state index contributed by atoms with van der Waals surface area (Å²) >= 11 is 0. The molecule has 0 spiro atoms. The zero-order chi connectivity index (χ0) is 25.0. The Hall–Kier alpha value is -3.62. The number of hydrogen-bond acceptors (Lipinski definition) is 6. The van der Waals surface area contributed by atoms with Gasteiger partial charge in [0.05, 0.1) is 19.1 Å².